The van der Waals surface area contributed by atoms with E-state index in [1.807, 2.05) is 0 Å². The van der Waals surface area contributed by atoms with Crippen LogP contribution in [0.5, 0.6) is 5.88 Å². The Morgan fingerprint density at radius 1 is 1.44 bits per heavy atom. The summed E-state index contributed by atoms with van der Waals surface area (Å²) in [5.74, 6) is 1.76. The van der Waals surface area contributed by atoms with Gasteiger partial charge in [0.2, 0.25) is 11.8 Å². The van der Waals surface area contributed by atoms with Crippen LogP contribution in [0.2, 0.25) is 0 Å². The molecule has 0 bridgehead atoms. The number of pyridine rings is 1. The summed E-state index contributed by atoms with van der Waals surface area (Å²) >= 11 is 0. The minimum atomic E-state index is 0.228. The molecule has 2 aromatic heterocycles. The van der Waals surface area contributed by atoms with Crippen LogP contribution >= 0.6 is 0 Å². The molecule has 2 rings (SSSR count). The molecule has 0 unspecified atom stereocenters. The third kappa shape index (κ3) is 2.82. The molecule has 2 N–H and O–H groups in total. The van der Waals surface area contributed by atoms with Crippen molar-refractivity contribution < 1.29 is 9.26 Å². The van der Waals surface area contributed by atoms with Crippen LogP contribution in [0.4, 0.5) is 0 Å². The molecule has 0 aliphatic rings. The summed E-state index contributed by atoms with van der Waals surface area (Å²) < 4.78 is 9.94. The summed E-state index contributed by atoms with van der Waals surface area (Å²) in [4.78, 5) is 12.3. The molecule has 0 radical (unpaired) electrons. The first-order valence-electron chi connectivity index (χ1n) is 5.29. The van der Waals surface area contributed by atoms with Crippen molar-refractivity contribution in [3.63, 3.8) is 0 Å². The van der Waals surface area contributed by atoms with Gasteiger partial charge < -0.3 is 15.0 Å². The van der Waals surface area contributed by atoms with Gasteiger partial charge in [0.25, 0.3) is 0 Å². The van der Waals surface area contributed by atoms with Crippen LogP contribution in [-0.2, 0) is 6.54 Å². The Morgan fingerprint density at radius 3 is 2.94 bits per heavy atom. The van der Waals surface area contributed by atoms with E-state index in [4.69, 9.17) is 15.0 Å². The number of rotatable bonds is 4. The molecule has 94 valence electrons. The van der Waals surface area contributed by atoms with Gasteiger partial charge in [0.15, 0.2) is 5.82 Å². The second kappa shape index (κ2) is 5.26. The molecule has 2 aromatic rings. The number of methoxy groups -OCH3 is 1. The van der Waals surface area contributed by atoms with Crippen LogP contribution in [0.25, 0.3) is 0 Å². The quantitative estimate of drug-likeness (QED) is 0.630. The van der Waals surface area contributed by atoms with Gasteiger partial charge in [0.1, 0.15) is 18.1 Å². The number of hydrogen-bond acceptors (Lipinski definition) is 6. The van der Waals surface area contributed by atoms with Gasteiger partial charge in [-0.2, -0.15) is 4.98 Å². The summed E-state index contributed by atoms with van der Waals surface area (Å²) in [6.07, 6.45) is 0. The van der Waals surface area contributed by atoms with E-state index in [9.17, 15) is 0 Å². The van der Waals surface area contributed by atoms with Crippen molar-refractivity contribution in [1.82, 2.24) is 15.1 Å². The van der Waals surface area contributed by atoms with Crippen LogP contribution < -0.4 is 10.5 Å². The zero-order valence-corrected chi connectivity index (χ0v) is 10.1. The first-order valence-corrected chi connectivity index (χ1v) is 5.29. The number of aryl methyl sites for hydroxylation is 1. The van der Waals surface area contributed by atoms with Crippen molar-refractivity contribution in [1.29, 1.82) is 0 Å². The number of nitrogens with two attached hydrogens (primary N) is 1. The van der Waals surface area contributed by atoms with Crippen LogP contribution in [0.3, 0.4) is 0 Å². The summed E-state index contributed by atoms with van der Waals surface area (Å²) in [5, 5.41) is 3.66. The second-order valence-electron chi connectivity index (χ2n) is 3.50. The van der Waals surface area contributed by atoms with E-state index in [0.29, 0.717) is 29.1 Å². The van der Waals surface area contributed by atoms with E-state index in [1.54, 1.807) is 32.2 Å². The van der Waals surface area contributed by atoms with E-state index >= 15 is 0 Å². The lowest BCUT2D eigenvalue weighted by atomic mass is 10.3. The topological polar surface area (TPSA) is 99.4 Å². The Hall–Kier alpha value is -2.44. The molecule has 0 saturated heterocycles. The molecule has 0 atom stereocenters. The number of hydrogen-bond donors (Lipinski definition) is 1. The van der Waals surface area contributed by atoms with Gasteiger partial charge in [0, 0.05) is 6.07 Å². The number of aliphatic imine (C=N–C) groups is 1. The van der Waals surface area contributed by atoms with Gasteiger partial charge in [0.05, 0.1) is 7.11 Å². The standard InChI is InChI=1S/C11H13N5O2/c1-7-14-10(18-16-7)6-13-11(12)8-4-3-5-9(15-8)17-2/h3-5H,6H2,1-2H3,(H2,12,13). The Morgan fingerprint density at radius 2 is 2.28 bits per heavy atom. The molecule has 0 spiro atoms. The fourth-order valence-corrected chi connectivity index (χ4v) is 1.31. The molecule has 0 saturated carbocycles. The maximum atomic E-state index is 5.82. The maximum absolute atomic E-state index is 5.82. The summed E-state index contributed by atoms with van der Waals surface area (Å²) in [5.41, 5.74) is 6.36. The number of nitrogens with zero attached hydrogens (tertiary/aromatic N) is 4. The summed E-state index contributed by atoms with van der Waals surface area (Å²) in [7, 11) is 1.54. The second-order valence-corrected chi connectivity index (χ2v) is 3.50. The third-order valence-electron chi connectivity index (χ3n) is 2.15. The minimum absolute atomic E-state index is 0.228. The zero-order valence-electron chi connectivity index (χ0n) is 10.1. The maximum Gasteiger partial charge on any atom is 0.248 e. The third-order valence-corrected chi connectivity index (χ3v) is 2.15. The van der Waals surface area contributed by atoms with Crippen molar-refractivity contribution in [3.05, 3.63) is 35.6 Å². The van der Waals surface area contributed by atoms with Crippen molar-refractivity contribution in [2.75, 3.05) is 7.11 Å². The van der Waals surface area contributed by atoms with Crippen LogP contribution in [0.1, 0.15) is 17.4 Å². The van der Waals surface area contributed by atoms with Gasteiger partial charge in [-0.25, -0.2) is 4.98 Å². The largest absolute Gasteiger partial charge is 0.481 e. The zero-order chi connectivity index (χ0) is 13.0. The smallest absolute Gasteiger partial charge is 0.248 e. The SMILES string of the molecule is COc1cccc(C(N)=NCc2nc(C)no2)n1. The van der Waals surface area contributed by atoms with Gasteiger partial charge in [-0.3, -0.25) is 4.99 Å². The summed E-state index contributed by atoms with van der Waals surface area (Å²) in [6.45, 7) is 1.97. The lowest BCUT2D eigenvalue weighted by Crippen LogP contribution is -2.15. The predicted octanol–water partition coefficient (Wildman–Crippen LogP) is 0.687. The fraction of sp³-hybridized carbons (Fsp3) is 0.273. The fourth-order valence-electron chi connectivity index (χ4n) is 1.31. The van der Waals surface area contributed by atoms with Crippen LogP contribution in [0, 0.1) is 6.92 Å². The molecule has 0 fully saturated rings. The first-order chi connectivity index (χ1) is 8.69. The lowest BCUT2D eigenvalue weighted by Gasteiger charge is -2.02. The average molecular weight is 247 g/mol. The molecule has 2 heterocycles. The van der Waals surface area contributed by atoms with Crippen molar-refractivity contribution in [2.45, 2.75) is 13.5 Å². The highest BCUT2D eigenvalue weighted by Gasteiger charge is 2.04. The summed E-state index contributed by atoms with van der Waals surface area (Å²) in [6, 6.07) is 5.28. The van der Waals surface area contributed by atoms with Crippen molar-refractivity contribution in [3.8, 4) is 5.88 Å². The van der Waals surface area contributed by atoms with E-state index in [0.717, 1.165) is 0 Å². The highest BCUT2D eigenvalue weighted by atomic mass is 16.5. The molecule has 7 heteroatoms. The van der Waals surface area contributed by atoms with Crippen molar-refractivity contribution >= 4 is 5.84 Å². The lowest BCUT2D eigenvalue weighted by molar-refractivity contribution is 0.376. The van der Waals surface area contributed by atoms with Gasteiger partial charge >= 0.3 is 0 Å². The van der Waals surface area contributed by atoms with Crippen LogP contribution in [-0.4, -0.2) is 28.1 Å². The van der Waals surface area contributed by atoms with E-state index in [-0.39, 0.29) is 6.54 Å². The Balaban J connectivity index is 2.12. The van der Waals surface area contributed by atoms with Crippen molar-refractivity contribution in [2.24, 2.45) is 10.7 Å². The minimum Gasteiger partial charge on any atom is -0.481 e. The number of amidine groups is 1. The molecule has 7 nitrogen and oxygen atoms in total. The number of aromatic nitrogens is 3. The molecular formula is C11H13N5O2. The molecule has 0 aromatic carbocycles. The predicted molar refractivity (Wildman–Crippen MR) is 64.3 cm³/mol. The van der Waals surface area contributed by atoms with Gasteiger partial charge in [-0.05, 0) is 13.0 Å². The highest BCUT2D eigenvalue weighted by Crippen LogP contribution is 2.07. The molecule has 0 aliphatic heterocycles. The molecular weight excluding hydrogens is 234 g/mol. The van der Waals surface area contributed by atoms with E-state index < -0.39 is 0 Å². The van der Waals surface area contributed by atoms with E-state index in [1.165, 1.54) is 0 Å². The number of ether oxygens (including phenoxy) is 1. The van der Waals surface area contributed by atoms with Crippen LogP contribution in [0.15, 0.2) is 27.7 Å². The Labute approximate surface area is 104 Å². The van der Waals surface area contributed by atoms with Gasteiger partial charge in [-0.15, -0.1) is 0 Å². The average Bonchev–Trinajstić information content (AvgIpc) is 2.82. The first kappa shape index (κ1) is 12.0. The van der Waals surface area contributed by atoms with E-state index in [2.05, 4.69) is 20.1 Å². The highest BCUT2D eigenvalue weighted by molar-refractivity contribution is 5.95. The Bertz CT molecular complexity index is 564. The van der Waals surface area contributed by atoms with Gasteiger partial charge in [-0.1, -0.05) is 11.2 Å². The Kier molecular flexibility index (Phi) is 3.52. The monoisotopic (exact) mass is 247 g/mol. The molecule has 0 aliphatic carbocycles. The molecule has 18 heavy (non-hydrogen) atoms. The normalized spacial score (nSPS) is 11.6. The molecule has 0 amide bonds.